The Morgan fingerprint density at radius 2 is 2.33 bits per heavy atom. The van der Waals surface area contributed by atoms with E-state index in [-0.39, 0.29) is 5.82 Å². The van der Waals surface area contributed by atoms with Crippen molar-refractivity contribution in [2.24, 2.45) is 0 Å². The molecule has 1 N–H and O–H groups in total. The Morgan fingerprint density at radius 3 is 2.92 bits per heavy atom. The predicted octanol–water partition coefficient (Wildman–Crippen LogP) is 2.26. The number of hydrogen-bond acceptors (Lipinski definition) is 2. The van der Waals surface area contributed by atoms with E-state index >= 15 is 0 Å². The smallest absolute Gasteiger partial charge is 0.141 e. The number of hydrogen-bond donors (Lipinski definition) is 1. The van der Waals surface area contributed by atoms with Gasteiger partial charge in [-0.2, -0.15) is 0 Å². The average Bonchev–Trinajstić information content (AvgIpc) is 2.09. The zero-order valence-electron chi connectivity index (χ0n) is 6.56. The summed E-state index contributed by atoms with van der Waals surface area (Å²) in [5.41, 5.74) is 0. The molecule has 0 saturated heterocycles. The van der Waals surface area contributed by atoms with Crippen molar-refractivity contribution in [3.63, 3.8) is 0 Å². The first-order valence-corrected chi connectivity index (χ1v) is 4.28. The molecule has 1 heterocycles. The lowest BCUT2D eigenvalue weighted by Crippen LogP contribution is -2.03. The minimum absolute atomic E-state index is 0.321. The first-order valence-electron chi connectivity index (χ1n) is 3.74. The number of alkyl halides is 1. The summed E-state index contributed by atoms with van der Waals surface area (Å²) in [6, 6.07) is 2.97. The molecule has 2 nitrogen and oxygen atoms in total. The van der Waals surface area contributed by atoms with E-state index < -0.39 is 0 Å². The van der Waals surface area contributed by atoms with Crippen molar-refractivity contribution < 1.29 is 4.39 Å². The predicted molar refractivity (Wildman–Crippen MR) is 48.0 cm³/mol. The minimum Gasteiger partial charge on any atom is -0.370 e. The van der Waals surface area contributed by atoms with Crippen molar-refractivity contribution >= 4 is 17.4 Å². The first kappa shape index (κ1) is 9.26. The molecule has 0 amide bonds. The van der Waals surface area contributed by atoms with Gasteiger partial charge in [-0.05, 0) is 18.6 Å². The van der Waals surface area contributed by atoms with E-state index in [1.807, 2.05) is 0 Å². The molecule has 0 fully saturated rings. The summed E-state index contributed by atoms with van der Waals surface area (Å²) in [4.78, 5) is 3.82. The van der Waals surface area contributed by atoms with Gasteiger partial charge in [0.1, 0.15) is 11.6 Å². The van der Waals surface area contributed by atoms with Crippen molar-refractivity contribution in [3.05, 3.63) is 24.1 Å². The second-order valence-electron chi connectivity index (χ2n) is 2.33. The molecule has 0 aliphatic heterocycles. The van der Waals surface area contributed by atoms with Gasteiger partial charge >= 0.3 is 0 Å². The van der Waals surface area contributed by atoms with Gasteiger partial charge < -0.3 is 5.32 Å². The second-order valence-corrected chi connectivity index (χ2v) is 2.71. The Morgan fingerprint density at radius 1 is 1.50 bits per heavy atom. The third-order valence-corrected chi connectivity index (χ3v) is 1.61. The van der Waals surface area contributed by atoms with Crippen molar-refractivity contribution in [1.29, 1.82) is 0 Å². The molecular formula is C8H10ClFN2. The zero-order chi connectivity index (χ0) is 8.81. The van der Waals surface area contributed by atoms with Crippen LogP contribution in [-0.2, 0) is 0 Å². The number of pyridine rings is 1. The first-order chi connectivity index (χ1) is 5.83. The maximum atomic E-state index is 12.4. The van der Waals surface area contributed by atoms with E-state index in [2.05, 4.69) is 10.3 Å². The Labute approximate surface area is 75.8 Å². The van der Waals surface area contributed by atoms with Crippen LogP contribution in [0.4, 0.5) is 10.2 Å². The Bertz CT molecular complexity index is 225. The van der Waals surface area contributed by atoms with Crippen molar-refractivity contribution in [2.45, 2.75) is 6.42 Å². The molecule has 0 saturated carbocycles. The van der Waals surface area contributed by atoms with Crippen LogP contribution in [0.5, 0.6) is 0 Å². The van der Waals surface area contributed by atoms with Gasteiger partial charge in [0, 0.05) is 12.4 Å². The molecule has 0 bridgehead atoms. The van der Waals surface area contributed by atoms with E-state index in [1.165, 1.54) is 12.3 Å². The molecule has 1 aromatic heterocycles. The highest BCUT2D eigenvalue weighted by Gasteiger charge is 1.92. The lowest BCUT2D eigenvalue weighted by molar-refractivity contribution is 0.621. The molecule has 1 rings (SSSR count). The molecule has 0 unspecified atom stereocenters. The van der Waals surface area contributed by atoms with Crippen LogP contribution in [0.3, 0.4) is 0 Å². The van der Waals surface area contributed by atoms with E-state index in [1.54, 1.807) is 6.07 Å². The largest absolute Gasteiger partial charge is 0.370 e. The van der Waals surface area contributed by atoms with Crippen molar-refractivity contribution in [3.8, 4) is 0 Å². The monoisotopic (exact) mass is 188 g/mol. The molecule has 12 heavy (non-hydrogen) atoms. The zero-order valence-corrected chi connectivity index (χ0v) is 7.31. The number of nitrogens with zero attached hydrogens (tertiary/aromatic N) is 1. The Hall–Kier alpha value is -0.830. The molecule has 0 aliphatic rings. The Balaban J connectivity index is 2.37. The number of halogens is 2. The van der Waals surface area contributed by atoms with Crippen LogP contribution < -0.4 is 5.32 Å². The van der Waals surface area contributed by atoms with Gasteiger partial charge in [0.05, 0.1) is 6.20 Å². The summed E-state index contributed by atoms with van der Waals surface area (Å²) in [7, 11) is 0. The maximum Gasteiger partial charge on any atom is 0.141 e. The Kier molecular flexibility index (Phi) is 3.80. The van der Waals surface area contributed by atoms with Gasteiger partial charge in [0.15, 0.2) is 0 Å². The lowest BCUT2D eigenvalue weighted by Gasteiger charge is -2.02. The number of anilines is 1. The quantitative estimate of drug-likeness (QED) is 0.579. The summed E-state index contributed by atoms with van der Waals surface area (Å²) in [6.45, 7) is 0.766. The summed E-state index contributed by atoms with van der Waals surface area (Å²) < 4.78 is 12.4. The van der Waals surface area contributed by atoms with Gasteiger partial charge in [0.2, 0.25) is 0 Å². The van der Waals surface area contributed by atoms with Crippen LogP contribution >= 0.6 is 11.6 Å². The molecule has 66 valence electrons. The fraction of sp³-hybridized carbons (Fsp3) is 0.375. The highest BCUT2D eigenvalue weighted by Crippen LogP contribution is 2.02. The fourth-order valence-corrected chi connectivity index (χ4v) is 0.897. The summed E-state index contributed by atoms with van der Waals surface area (Å²) >= 11 is 5.47. The fourth-order valence-electron chi connectivity index (χ4n) is 0.764. The van der Waals surface area contributed by atoms with Gasteiger partial charge in [-0.1, -0.05) is 0 Å². The average molecular weight is 189 g/mol. The molecule has 4 heteroatoms. The van der Waals surface area contributed by atoms with Gasteiger partial charge in [-0.15, -0.1) is 11.6 Å². The third kappa shape index (κ3) is 3.05. The molecule has 0 aromatic carbocycles. The topological polar surface area (TPSA) is 24.9 Å². The SMILES string of the molecule is Fc1ccc(NCCCCl)nc1. The van der Waals surface area contributed by atoms with Crippen LogP contribution in [0.2, 0.25) is 0 Å². The molecule has 0 radical (unpaired) electrons. The van der Waals surface area contributed by atoms with Crippen LogP contribution in [0.25, 0.3) is 0 Å². The number of rotatable bonds is 4. The van der Waals surface area contributed by atoms with Crippen LogP contribution in [0.15, 0.2) is 18.3 Å². The highest BCUT2D eigenvalue weighted by atomic mass is 35.5. The molecule has 0 atom stereocenters. The van der Waals surface area contributed by atoms with Crippen molar-refractivity contribution in [1.82, 2.24) is 4.98 Å². The standard InChI is InChI=1S/C8H10ClFN2/c9-4-1-5-11-8-3-2-7(10)6-12-8/h2-3,6H,1,4-5H2,(H,11,12). The van der Waals surface area contributed by atoms with Crippen LogP contribution in [0.1, 0.15) is 6.42 Å². The normalized spacial score (nSPS) is 9.83. The third-order valence-electron chi connectivity index (χ3n) is 1.34. The lowest BCUT2D eigenvalue weighted by atomic mass is 10.4. The van der Waals surface area contributed by atoms with Crippen molar-refractivity contribution in [2.75, 3.05) is 17.7 Å². The van der Waals surface area contributed by atoms with E-state index in [0.29, 0.717) is 11.7 Å². The molecular weight excluding hydrogens is 179 g/mol. The number of aromatic nitrogens is 1. The molecule has 0 spiro atoms. The summed E-state index contributed by atoms with van der Waals surface area (Å²) in [6.07, 6.45) is 2.06. The van der Waals surface area contributed by atoms with Gasteiger partial charge in [-0.25, -0.2) is 9.37 Å². The summed E-state index contributed by atoms with van der Waals surface area (Å²) in [5.74, 6) is 0.980. The summed E-state index contributed by atoms with van der Waals surface area (Å²) in [5, 5.41) is 3.01. The maximum absolute atomic E-state index is 12.4. The van der Waals surface area contributed by atoms with E-state index in [4.69, 9.17) is 11.6 Å². The van der Waals surface area contributed by atoms with E-state index in [9.17, 15) is 4.39 Å². The van der Waals surface area contributed by atoms with Crippen LogP contribution in [0, 0.1) is 5.82 Å². The highest BCUT2D eigenvalue weighted by molar-refractivity contribution is 6.17. The second kappa shape index (κ2) is 4.93. The van der Waals surface area contributed by atoms with Gasteiger partial charge in [0.25, 0.3) is 0 Å². The van der Waals surface area contributed by atoms with E-state index in [0.717, 1.165) is 13.0 Å². The van der Waals surface area contributed by atoms with Gasteiger partial charge in [-0.3, -0.25) is 0 Å². The van der Waals surface area contributed by atoms with Crippen LogP contribution in [-0.4, -0.2) is 17.4 Å². The molecule has 1 aromatic rings. The number of nitrogens with one attached hydrogen (secondary N) is 1. The molecule has 0 aliphatic carbocycles. The minimum atomic E-state index is -0.321.